The third-order valence-electron chi connectivity index (χ3n) is 9.41. The minimum atomic E-state index is -1.59. The minimum Gasteiger partial charge on any atom is -0.598 e. The van der Waals surface area contributed by atoms with Gasteiger partial charge >= 0.3 is 0 Å². The van der Waals surface area contributed by atoms with Crippen molar-refractivity contribution in [3.8, 4) is 0 Å². The van der Waals surface area contributed by atoms with Crippen LogP contribution in [0.25, 0.3) is 0 Å². The molecule has 9 atom stereocenters. The Morgan fingerprint density at radius 3 is 1.57 bits per heavy atom. The Kier molecular flexibility index (Phi) is 28.4. The molecular formula is C36H73NO9S. The normalized spacial score (nSPS) is 24.3. The molecule has 0 spiro atoms. The van der Waals surface area contributed by atoms with Gasteiger partial charge in [0.15, 0.2) is 6.29 Å². The quantitative estimate of drug-likeness (QED) is 0.0368. The number of nitrogens with one attached hydrogen (secondary N) is 1. The number of aliphatic hydroxyl groups is 6. The summed E-state index contributed by atoms with van der Waals surface area (Å²) in [6, 6.07) is -0.932. The van der Waals surface area contributed by atoms with Crippen LogP contribution in [0.15, 0.2) is 0 Å². The van der Waals surface area contributed by atoms with E-state index >= 15 is 0 Å². The molecular weight excluding hydrogens is 622 g/mol. The highest BCUT2D eigenvalue weighted by atomic mass is 32.2. The summed E-state index contributed by atoms with van der Waals surface area (Å²) in [5.41, 5.74) is 0. The van der Waals surface area contributed by atoms with E-state index in [4.69, 9.17) is 9.47 Å². The summed E-state index contributed by atoms with van der Waals surface area (Å²) in [4.78, 5) is 0. The van der Waals surface area contributed by atoms with E-state index in [1.807, 2.05) is 0 Å². The average Bonchev–Trinajstić information content (AvgIpc) is 3.07. The number of hydrogen-bond donors (Lipinski definition) is 7. The average molecular weight is 696 g/mol. The molecule has 7 N–H and O–H groups in total. The van der Waals surface area contributed by atoms with Crippen LogP contribution in [0.1, 0.15) is 162 Å². The Bertz CT molecular complexity index is 695. The van der Waals surface area contributed by atoms with E-state index in [1.165, 1.54) is 103 Å². The van der Waals surface area contributed by atoms with Gasteiger partial charge in [0.1, 0.15) is 42.3 Å². The second-order valence-corrected chi connectivity index (χ2v) is 15.1. The van der Waals surface area contributed by atoms with Crippen LogP contribution in [0.3, 0.4) is 0 Å². The highest BCUT2D eigenvalue weighted by Gasteiger charge is 2.44. The van der Waals surface area contributed by atoms with Crippen molar-refractivity contribution in [3.05, 3.63) is 0 Å². The zero-order valence-electron chi connectivity index (χ0n) is 29.8. The molecule has 0 saturated carbocycles. The van der Waals surface area contributed by atoms with Crippen molar-refractivity contribution in [2.24, 2.45) is 0 Å². The summed E-state index contributed by atoms with van der Waals surface area (Å²) in [6.07, 6.45) is 16.9. The van der Waals surface area contributed by atoms with Gasteiger partial charge in [0.2, 0.25) is 0 Å². The van der Waals surface area contributed by atoms with E-state index in [2.05, 4.69) is 18.6 Å². The highest BCUT2D eigenvalue weighted by Crippen LogP contribution is 2.23. The topological polar surface area (TPSA) is 175 Å². The lowest BCUT2D eigenvalue weighted by Gasteiger charge is -2.40. The lowest BCUT2D eigenvalue weighted by Crippen LogP contribution is -2.60. The number of unbranched alkanes of at least 4 members (excludes halogenated alkanes) is 20. The molecule has 11 heteroatoms. The monoisotopic (exact) mass is 696 g/mol. The van der Waals surface area contributed by atoms with Crippen molar-refractivity contribution >= 4 is 11.4 Å². The van der Waals surface area contributed by atoms with Crippen molar-refractivity contribution in [3.63, 3.8) is 0 Å². The summed E-state index contributed by atoms with van der Waals surface area (Å²) in [5.74, 6) is 0.397. The Morgan fingerprint density at radius 2 is 1.11 bits per heavy atom. The van der Waals surface area contributed by atoms with Crippen LogP contribution in [-0.2, 0) is 20.8 Å². The lowest BCUT2D eigenvalue weighted by atomic mass is 9.99. The first-order chi connectivity index (χ1) is 22.8. The Balaban J connectivity index is 2.50. The van der Waals surface area contributed by atoms with Crippen molar-refractivity contribution in [2.45, 2.75) is 210 Å². The van der Waals surface area contributed by atoms with E-state index in [1.54, 1.807) is 0 Å². The summed E-state index contributed by atoms with van der Waals surface area (Å²) >= 11 is -1.49. The van der Waals surface area contributed by atoms with Crippen LogP contribution < -0.4 is 4.72 Å². The molecule has 0 aromatic rings. The van der Waals surface area contributed by atoms with Gasteiger partial charge in [0.05, 0.1) is 19.3 Å². The van der Waals surface area contributed by atoms with Gasteiger partial charge in [-0.1, -0.05) is 142 Å². The molecule has 10 nitrogen and oxygen atoms in total. The predicted octanol–water partition coefficient (Wildman–Crippen LogP) is 5.16. The van der Waals surface area contributed by atoms with E-state index in [0.717, 1.165) is 38.5 Å². The summed E-state index contributed by atoms with van der Waals surface area (Å²) in [6.45, 7) is 3.59. The van der Waals surface area contributed by atoms with E-state index in [0.29, 0.717) is 12.2 Å². The Hall–Kier alpha value is -0.0500. The molecule has 1 saturated heterocycles. The summed E-state index contributed by atoms with van der Waals surface area (Å²) < 4.78 is 27.0. The molecule has 0 aromatic heterocycles. The Labute approximate surface area is 289 Å². The van der Waals surface area contributed by atoms with Crippen molar-refractivity contribution in [1.82, 2.24) is 4.72 Å². The van der Waals surface area contributed by atoms with Crippen molar-refractivity contribution in [2.75, 3.05) is 19.0 Å². The molecule has 0 aliphatic carbocycles. The molecule has 1 heterocycles. The van der Waals surface area contributed by atoms with Crippen LogP contribution in [0.5, 0.6) is 0 Å². The molecule has 1 rings (SSSR count). The van der Waals surface area contributed by atoms with Gasteiger partial charge in [-0.05, 0) is 19.3 Å². The molecule has 0 amide bonds. The molecule has 1 aliphatic heterocycles. The fourth-order valence-electron chi connectivity index (χ4n) is 6.19. The number of aliphatic hydroxyl groups excluding tert-OH is 6. The minimum absolute atomic E-state index is 0.275. The number of hydrogen-bond acceptors (Lipinski definition) is 10. The first-order valence-corrected chi connectivity index (χ1v) is 20.5. The smallest absolute Gasteiger partial charge is 0.186 e. The molecule has 0 radical (unpaired) electrons. The molecule has 4 unspecified atom stereocenters. The molecule has 1 aliphatic rings. The summed E-state index contributed by atoms with van der Waals surface area (Å²) in [7, 11) is 0. The zero-order chi connectivity index (χ0) is 34.7. The van der Waals surface area contributed by atoms with Crippen LogP contribution in [0.4, 0.5) is 0 Å². The van der Waals surface area contributed by atoms with Gasteiger partial charge in [0.25, 0.3) is 0 Å². The van der Waals surface area contributed by atoms with Gasteiger partial charge in [-0.2, -0.15) is 0 Å². The second kappa shape index (κ2) is 29.7. The molecule has 0 bridgehead atoms. The number of ether oxygens (including phenoxy) is 2. The number of rotatable bonds is 32. The first-order valence-electron chi connectivity index (χ1n) is 19.2. The molecule has 47 heavy (non-hydrogen) atoms. The van der Waals surface area contributed by atoms with Crippen molar-refractivity contribution in [1.29, 1.82) is 0 Å². The van der Waals surface area contributed by atoms with E-state index in [9.17, 15) is 35.2 Å². The van der Waals surface area contributed by atoms with Gasteiger partial charge in [-0.25, -0.2) is 0 Å². The first kappa shape index (κ1) is 45.0. The zero-order valence-corrected chi connectivity index (χ0v) is 30.6. The molecule has 282 valence electrons. The fraction of sp³-hybridized carbons (Fsp3) is 1.00. The standard InChI is InChI=1S/C36H73NO9S/c1-3-5-7-9-11-13-15-16-17-19-21-23-25-30(39)32(40)29(28-45-36-35(43)34(42)33(41)31(27-38)46-36)37-47(44)26-24-22-20-18-14-12-10-8-6-4-2/h29-43H,3-28H2,1-2H3/t29-,30+,31?,32-,33-,34?,35?,36-,47?/m0/s1. The van der Waals surface area contributed by atoms with E-state index < -0.39 is 66.9 Å². The summed E-state index contributed by atoms with van der Waals surface area (Å²) in [5, 5.41) is 61.9. The highest BCUT2D eigenvalue weighted by molar-refractivity contribution is 7.89. The fourth-order valence-corrected chi connectivity index (χ4v) is 7.32. The van der Waals surface area contributed by atoms with Crippen LogP contribution in [0.2, 0.25) is 0 Å². The van der Waals surface area contributed by atoms with Gasteiger partial charge in [0, 0.05) is 11.4 Å². The molecule has 0 aromatic carbocycles. The van der Waals surface area contributed by atoms with Crippen LogP contribution in [-0.4, -0.2) is 103 Å². The largest absolute Gasteiger partial charge is 0.598 e. The maximum absolute atomic E-state index is 13.0. The Morgan fingerprint density at radius 1 is 0.660 bits per heavy atom. The van der Waals surface area contributed by atoms with Crippen LogP contribution in [0, 0.1) is 0 Å². The van der Waals surface area contributed by atoms with Crippen LogP contribution >= 0.6 is 0 Å². The van der Waals surface area contributed by atoms with Crippen molar-refractivity contribution < 1.29 is 44.7 Å². The third-order valence-corrected chi connectivity index (χ3v) is 10.6. The van der Waals surface area contributed by atoms with Gasteiger partial charge < -0.3 is 44.7 Å². The maximum atomic E-state index is 13.0. The molecule has 1 fully saturated rings. The van der Waals surface area contributed by atoms with Gasteiger partial charge in [-0.3, -0.25) is 0 Å². The third kappa shape index (κ3) is 21.0. The van der Waals surface area contributed by atoms with E-state index in [-0.39, 0.29) is 6.61 Å². The predicted molar refractivity (Wildman–Crippen MR) is 189 cm³/mol. The lowest BCUT2D eigenvalue weighted by molar-refractivity contribution is -0.303. The maximum Gasteiger partial charge on any atom is 0.186 e. The second-order valence-electron chi connectivity index (χ2n) is 13.7. The SMILES string of the molecule is CCCCCCCCCCCCCC[C@@H](O)[C@@H](O)[C@H](CO[C@H]1OC(CO)[C@H](O)C(O)C1O)N[S+]([O-])CCCCCCCCCCCC. The van der Waals surface area contributed by atoms with Gasteiger partial charge in [-0.15, -0.1) is 4.72 Å².